The molecule has 322 valence electrons. The number of halogens is 2. The maximum atomic E-state index is 10.6. The van der Waals surface area contributed by atoms with E-state index in [1.165, 1.54) is 0 Å². The summed E-state index contributed by atoms with van der Waals surface area (Å²) in [5, 5.41) is 48.9. The highest BCUT2D eigenvalue weighted by atomic mass is 35.5. The first-order chi connectivity index (χ1) is 28.5. The van der Waals surface area contributed by atoms with Crippen molar-refractivity contribution in [3.8, 4) is 34.0 Å². The number of rotatable bonds is 6. The van der Waals surface area contributed by atoms with Crippen molar-refractivity contribution in [3.63, 3.8) is 0 Å². The van der Waals surface area contributed by atoms with Crippen LogP contribution in [0.4, 0.5) is 11.6 Å². The normalized spacial score (nSPS) is 18.4. The van der Waals surface area contributed by atoms with E-state index in [9.17, 15) is 10.2 Å². The summed E-state index contributed by atoms with van der Waals surface area (Å²) in [5.74, 6) is 1.85. The number of aryl methyl sites for hydroxylation is 1. The second-order valence-electron chi connectivity index (χ2n) is 19.5. The van der Waals surface area contributed by atoms with Crippen LogP contribution in [-0.2, 0) is 0 Å². The van der Waals surface area contributed by atoms with Crippen LogP contribution in [0.1, 0.15) is 86.8 Å². The van der Waals surface area contributed by atoms with E-state index in [0.717, 1.165) is 48.4 Å². The summed E-state index contributed by atoms with van der Waals surface area (Å²) in [6, 6.07) is 18.8. The zero-order valence-electron chi connectivity index (χ0n) is 37.1. The van der Waals surface area contributed by atoms with Gasteiger partial charge in [0.15, 0.2) is 11.6 Å². The largest absolute Gasteiger partial charge is 0.507 e. The molecule has 2 saturated heterocycles. The van der Waals surface area contributed by atoms with E-state index in [0.29, 0.717) is 61.1 Å². The lowest BCUT2D eigenvalue weighted by Gasteiger charge is -2.49. The molecule has 2 aliphatic rings. The average molecular weight is 866 g/mol. The van der Waals surface area contributed by atoms with Crippen LogP contribution >= 0.6 is 23.2 Å². The van der Waals surface area contributed by atoms with Crippen LogP contribution in [-0.4, -0.2) is 88.9 Å². The number of hydrogen-bond donors (Lipinski definition) is 4. The van der Waals surface area contributed by atoms with Crippen LogP contribution in [0.3, 0.4) is 0 Å². The molecule has 61 heavy (non-hydrogen) atoms. The average Bonchev–Trinajstić information content (AvgIpc) is 3.15. The number of hydrogen-bond acceptors (Lipinski definition) is 12. The highest BCUT2D eigenvalue weighted by Crippen LogP contribution is 2.38. The third-order valence-electron chi connectivity index (χ3n) is 11.8. The quantitative estimate of drug-likeness (QED) is 0.126. The van der Waals surface area contributed by atoms with Crippen LogP contribution in [0.25, 0.3) is 44.3 Å². The summed E-state index contributed by atoms with van der Waals surface area (Å²) < 4.78 is 0. The molecule has 0 bridgehead atoms. The lowest BCUT2D eigenvalue weighted by molar-refractivity contribution is 0.160. The van der Waals surface area contributed by atoms with Crippen molar-refractivity contribution in [2.45, 2.75) is 122 Å². The van der Waals surface area contributed by atoms with Crippen molar-refractivity contribution >= 4 is 56.6 Å². The summed E-state index contributed by atoms with van der Waals surface area (Å²) in [5.41, 5.74) is 4.75. The van der Waals surface area contributed by atoms with Gasteiger partial charge >= 0.3 is 0 Å². The number of piperidine rings is 2. The van der Waals surface area contributed by atoms with Gasteiger partial charge in [0.05, 0.1) is 32.5 Å². The number of pyridine rings is 2. The molecule has 4 aromatic heterocycles. The molecule has 2 aliphatic heterocycles. The third-order valence-corrected chi connectivity index (χ3v) is 12.5. The van der Waals surface area contributed by atoms with E-state index in [1.54, 1.807) is 30.5 Å². The minimum atomic E-state index is 0.0522. The summed E-state index contributed by atoms with van der Waals surface area (Å²) in [6.45, 7) is 19.8. The van der Waals surface area contributed by atoms with E-state index < -0.39 is 0 Å². The first-order valence-corrected chi connectivity index (χ1v) is 21.5. The predicted molar refractivity (Wildman–Crippen MR) is 249 cm³/mol. The molecule has 2 fully saturated rings. The smallest absolute Gasteiger partial charge is 0.151 e. The number of benzene rings is 2. The van der Waals surface area contributed by atoms with Crippen LogP contribution < -0.4 is 20.4 Å². The van der Waals surface area contributed by atoms with Gasteiger partial charge in [0.25, 0.3) is 0 Å². The Hall–Kier alpha value is -4.88. The van der Waals surface area contributed by atoms with Gasteiger partial charge in [-0.25, -0.2) is 0 Å². The lowest BCUT2D eigenvalue weighted by atomic mass is 9.79. The number of phenolic OH excluding ortho intramolecular Hbond substituents is 2. The molecule has 8 rings (SSSR count). The fourth-order valence-corrected chi connectivity index (χ4v) is 10.2. The van der Waals surface area contributed by atoms with Gasteiger partial charge in [0.1, 0.15) is 11.5 Å². The minimum Gasteiger partial charge on any atom is -0.507 e. The van der Waals surface area contributed by atoms with Gasteiger partial charge in [-0.15, -0.1) is 20.4 Å². The highest BCUT2D eigenvalue weighted by Gasteiger charge is 2.41. The molecule has 12 nitrogen and oxygen atoms in total. The summed E-state index contributed by atoms with van der Waals surface area (Å²) in [7, 11) is 4.15. The maximum absolute atomic E-state index is 10.6. The van der Waals surface area contributed by atoms with Gasteiger partial charge in [-0.05, 0) is 143 Å². The standard InChI is InChI=1S/C24H30ClN5O.C23H28ClN5O/c1-14-9-18(25)16-10-17(21(31)11-20(16)26-14)19-7-8-22(28-27-19)30(6)15-12-23(2,3)29-24(4,5)13-15;1-22(2)12-14(13-23(3,4)28-22)29(5)21-7-6-18(26-27-21)16-10-19-15(11-20(16)30)17(24)8-9-25-19/h7-11,15,29,31H,12-13H2,1-6H3;6-11,14,28,30H,12-13H2,1-5H3. The Morgan fingerprint density at radius 1 is 0.574 bits per heavy atom. The van der Waals surface area contributed by atoms with E-state index >= 15 is 0 Å². The zero-order chi connectivity index (χ0) is 44.2. The molecule has 0 atom stereocenters. The van der Waals surface area contributed by atoms with Crippen LogP contribution in [0.2, 0.25) is 10.0 Å². The van der Waals surface area contributed by atoms with Gasteiger partial charge in [-0.3, -0.25) is 9.97 Å². The molecule has 0 amide bonds. The van der Waals surface area contributed by atoms with Gasteiger partial charge in [-0.2, -0.15) is 0 Å². The van der Waals surface area contributed by atoms with Gasteiger partial charge in [0.2, 0.25) is 0 Å². The van der Waals surface area contributed by atoms with Crippen molar-refractivity contribution in [2.24, 2.45) is 0 Å². The van der Waals surface area contributed by atoms with Gasteiger partial charge in [0, 0.05) is 88.2 Å². The first kappa shape index (κ1) is 44.2. The Morgan fingerprint density at radius 2 is 1.03 bits per heavy atom. The molecular formula is C47H58Cl2N10O2. The molecule has 6 aromatic rings. The fraction of sp³-hybridized carbons (Fsp3) is 0.447. The Labute approximate surface area is 369 Å². The van der Waals surface area contributed by atoms with Crippen molar-refractivity contribution in [1.82, 2.24) is 41.0 Å². The fourth-order valence-electron chi connectivity index (χ4n) is 9.68. The van der Waals surface area contributed by atoms with Crippen LogP contribution in [0.5, 0.6) is 11.5 Å². The number of phenols is 2. The second-order valence-corrected chi connectivity index (χ2v) is 20.3. The van der Waals surface area contributed by atoms with E-state index in [1.807, 2.05) is 43.3 Å². The molecule has 0 spiro atoms. The molecule has 2 aromatic carbocycles. The Balaban J connectivity index is 0.000000184. The third kappa shape index (κ3) is 9.94. The number of anilines is 2. The number of nitrogens with one attached hydrogen (secondary N) is 2. The summed E-state index contributed by atoms with van der Waals surface area (Å²) in [4.78, 5) is 13.2. The molecule has 4 N–H and O–H groups in total. The zero-order valence-corrected chi connectivity index (χ0v) is 38.6. The van der Waals surface area contributed by atoms with Crippen molar-refractivity contribution in [1.29, 1.82) is 0 Å². The summed E-state index contributed by atoms with van der Waals surface area (Å²) in [6.07, 6.45) is 5.74. The number of nitrogens with zero attached hydrogens (tertiary/aromatic N) is 8. The lowest BCUT2D eigenvalue weighted by Crippen LogP contribution is -2.62. The molecule has 0 radical (unpaired) electrons. The van der Waals surface area contributed by atoms with Gasteiger partial charge < -0.3 is 30.6 Å². The van der Waals surface area contributed by atoms with E-state index in [2.05, 4.69) is 120 Å². The number of fused-ring (bicyclic) bond motifs is 2. The van der Waals surface area contributed by atoms with Crippen LogP contribution in [0.15, 0.2) is 66.9 Å². The molecular weight excluding hydrogens is 807 g/mol. The Kier molecular flexibility index (Phi) is 11.9. The molecule has 0 unspecified atom stereocenters. The monoisotopic (exact) mass is 864 g/mol. The minimum absolute atomic E-state index is 0.0522. The van der Waals surface area contributed by atoms with Crippen LogP contribution in [0, 0.1) is 6.92 Å². The second kappa shape index (κ2) is 16.4. The number of aromatic hydroxyl groups is 2. The maximum Gasteiger partial charge on any atom is 0.151 e. The SMILES string of the molecule is CN(c1ccc(-c2cc3nccc(Cl)c3cc2O)nn1)C1CC(C)(C)NC(C)(C)C1.Cc1cc(Cl)c2cc(-c3ccc(N(C)C4CC(C)(C)NC(C)(C)C4)nn3)c(O)cc2n1. The Bertz CT molecular complexity index is 2530. The highest BCUT2D eigenvalue weighted by molar-refractivity contribution is 6.36. The molecule has 0 aliphatic carbocycles. The van der Waals surface area contributed by atoms with Crippen molar-refractivity contribution < 1.29 is 10.2 Å². The number of aromatic nitrogens is 6. The van der Waals surface area contributed by atoms with E-state index in [4.69, 9.17) is 23.2 Å². The predicted octanol–water partition coefficient (Wildman–Crippen LogP) is 9.90. The molecule has 14 heteroatoms. The van der Waals surface area contributed by atoms with E-state index in [-0.39, 0.29) is 33.7 Å². The topological polar surface area (TPSA) is 148 Å². The first-order valence-electron chi connectivity index (χ1n) is 20.8. The van der Waals surface area contributed by atoms with Crippen molar-refractivity contribution in [2.75, 3.05) is 23.9 Å². The summed E-state index contributed by atoms with van der Waals surface area (Å²) >= 11 is 12.6. The van der Waals surface area contributed by atoms with Gasteiger partial charge in [-0.1, -0.05) is 23.2 Å². The molecule has 6 heterocycles. The Morgan fingerprint density at radius 3 is 1.51 bits per heavy atom. The van der Waals surface area contributed by atoms with Crippen molar-refractivity contribution in [3.05, 3.63) is 82.6 Å². The molecule has 0 saturated carbocycles.